The van der Waals surface area contributed by atoms with Crippen molar-refractivity contribution in [3.05, 3.63) is 71.5 Å². The summed E-state index contributed by atoms with van der Waals surface area (Å²) in [6.45, 7) is 3.87. The average Bonchev–Trinajstić information content (AvgIpc) is 2.89. The Morgan fingerprint density at radius 1 is 0.963 bits per heavy atom. The quantitative estimate of drug-likeness (QED) is 0.835. The molecule has 1 unspecified atom stereocenters. The number of benzene rings is 2. The first-order valence-corrected chi connectivity index (χ1v) is 8.69. The molecule has 0 radical (unpaired) electrons. The van der Waals surface area contributed by atoms with Gasteiger partial charge in [-0.05, 0) is 29.7 Å². The fraction of sp³-hybridized carbons (Fsp3) is 0.350. The third kappa shape index (κ3) is 6.47. The second-order valence-electron chi connectivity index (χ2n) is 6.47. The van der Waals surface area contributed by atoms with Gasteiger partial charge in [0.15, 0.2) is 0 Å². The third-order valence-corrected chi connectivity index (χ3v) is 4.64. The molecule has 1 atom stereocenters. The van der Waals surface area contributed by atoms with Gasteiger partial charge in [0.2, 0.25) is 5.91 Å². The molecule has 0 aromatic heterocycles. The van der Waals surface area contributed by atoms with Gasteiger partial charge in [-0.25, -0.2) is 4.39 Å². The van der Waals surface area contributed by atoms with Gasteiger partial charge in [0, 0.05) is 32.7 Å². The molecule has 1 heterocycles. The Kier molecular flexibility index (Phi) is 9.74. The summed E-state index contributed by atoms with van der Waals surface area (Å²) in [4.78, 5) is 16.9. The normalized spacial score (nSPS) is 15.9. The molecule has 1 aliphatic rings. The second kappa shape index (κ2) is 11.2. The molecular formula is C20H26Cl2FN3O. The standard InChI is InChI=1S/C20H24FN3O.2ClH/c21-18-9-7-16(8-10-18)15-23-11-4-12-24(14-13-23)20(25)19(22)17-5-2-1-3-6-17;;/h1-3,5-10,19H,4,11-15,22H2;2*1H. The summed E-state index contributed by atoms with van der Waals surface area (Å²) in [5.74, 6) is -0.235. The number of carbonyl (C=O) groups excluding carboxylic acids is 1. The third-order valence-electron chi connectivity index (χ3n) is 4.64. The van der Waals surface area contributed by atoms with Crippen molar-refractivity contribution in [2.45, 2.75) is 19.0 Å². The molecule has 0 spiro atoms. The minimum atomic E-state index is -0.607. The van der Waals surface area contributed by atoms with Crippen LogP contribution in [0.15, 0.2) is 54.6 Å². The number of carbonyl (C=O) groups is 1. The molecule has 1 aliphatic heterocycles. The minimum absolute atomic E-state index is 0. The van der Waals surface area contributed by atoms with E-state index in [1.54, 1.807) is 0 Å². The van der Waals surface area contributed by atoms with Crippen LogP contribution in [0.2, 0.25) is 0 Å². The Morgan fingerprint density at radius 2 is 1.63 bits per heavy atom. The van der Waals surface area contributed by atoms with E-state index in [9.17, 15) is 9.18 Å². The predicted octanol–water partition coefficient (Wildman–Crippen LogP) is 3.40. The van der Waals surface area contributed by atoms with Gasteiger partial charge in [-0.2, -0.15) is 0 Å². The van der Waals surface area contributed by atoms with Crippen molar-refractivity contribution in [3.8, 4) is 0 Å². The summed E-state index contributed by atoms with van der Waals surface area (Å²) >= 11 is 0. The van der Waals surface area contributed by atoms with Gasteiger partial charge in [0.25, 0.3) is 0 Å². The Bertz CT molecular complexity index is 700. The molecule has 0 saturated carbocycles. The van der Waals surface area contributed by atoms with E-state index in [1.807, 2.05) is 47.4 Å². The SMILES string of the molecule is Cl.Cl.NC(C(=O)N1CCCN(Cc2ccc(F)cc2)CC1)c1ccccc1. The average molecular weight is 414 g/mol. The first kappa shape index (κ1) is 23.4. The van der Waals surface area contributed by atoms with Crippen molar-refractivity contribution in [2.24, 2.45) is 5.73 Å². The van der Waals surface area contributed by atoms with Gasteiger partial charge in [-0.15, -0.1) is 24.8 Å². The first-order valence-electron chi connectivity index (χ1n) is 8.69. The Hall–Kier alpha value is -1.66. The molecule has 7 heteroatoms. The highest BCUT2D eigenvalue weighted by molar-refractivity contribution is 5.85. The lowest BCUT2D eigenvalue weighted by molar-refractivity contribution is -0.132. The van der Waals surface area contributed by atoms with E-state index in [4.69, 9.17) is 5.73 Å². The number of nitrogens with zero attached hydrogens (tertiary/aromatic N) is 2. The molecule has 1 fully saturated rings. The number of hydrogen-bond donors (Lipinski definition) is 1. The molecular weight excluding hydrogens is 388 g/mol. The van der Waals surface area contributed by atoms with Gasteiger partial charge in [-0.1, -0.05) is 42.5 Å². The van der Waals surface area contributed by atoms with E-state index in [2.05, 4.69) is 4.90 Å². The highest BCUT2D eigenvalue weighted by atomic mass is 35.5. The van der Waals surface area contributed by atoms with E-state index in [0.29, 0.717) is 6.54 Å². The summed E-state index contributed by atoms with van der Waals surface area (Å²) in [5.41, 5.74) is 8.08. The van der Waals surface area contributed by atoms with Gasteiger partial charge in [-0.3, -0.25) is 9.69 Å². The zero-order valence-corrected chi connectivity index (χ0v) is 16.7. The van der Waals surface area contributed by atoms with Crippen LogP contribution in [-0.2, 0) is 11.3 Å². The van der Waals surface area contributed by atoms with E-state index < -0.39 is 6.04 Å². The van der Waals surface area contributed by atoms with Crippen molar-refractivity contribution >= 4 is 30.7 Å². The van der Waals surface area contributed by atoms with Crippen LogP contribution in [0.1, 0.15) is 23.6 Å². The molecule has 3 rings (SSSR count). The van der Waals surface area contributed by atoms with Crippen molar-refractivity contribution < 1.29 is 9.18 Å². The summed E-state index contributed by atoms with van der Waals surface area (Å²) in [6, 6.07) is 15.5. The maximum absolute atomic E-state index is 13.0. The Balaban J connectivity index is 0.00000182. The summed E-state index contributed by atoms with van der Waals surface area (Å²) in [7, 11) is 0. The van der Waals surface area contributed by atoms with Crippen LogP contribution in [0.3, 0.4) is 0 Å². The zero-order valence-electron chi connectivity index (χ0n) is 15.1. The molecule has 27 heavy (non-hydrogen) atoms. The van der Waals surface area contributed by atoms with Gasteiger partial charge in [0.05, 0.1) is 0 Å². The van der Waals surface area contributed by atoms with Gasteiger partial charge < -0.3 is 10.6 Å². The molecule has 1 amide bonds. The number of hydrogen-bond acceptors (Lipinski definition) is 3. The maximum Gasteiger partial charge on any atom is 0.244 e. The highest BCUT2D eigenvalue weighted by Crippen LogP contribution is 2.16. The Labute approximate surface area is 172 Å². The minimum Gasteiger partial charge on any atom is -0.340 e. The summed E-state index contributed by atoms with van der Waals surface area (Å²) < 4.78 is 13.0. The van der Waals surface area contributed by atoms with Crippen molar-refractivity contribution in [1.82, 2.24) is 9.80 Å². The zero-order chi connectivity index (χ0) is 17.6. The lowest BCUT2D eigenvalue weighted by Crippen LogP contribution is -2.40. The summed E-state index contributed by atoms with van der Waals surface area (Å²) in [6.07, 6.45) is 0.911. The van der Waals surface area contributed by atoms with Crippen LogP contribution in [0.5, 0.6) is 0 Å². The van der Waals surface area contributed by atoms with E-state index in [-0.39, 0.29) is 36.5 Å². The molecule has 4 nitrogen and oxygen atoms in total. The number of nitrogens with two attached hydrogens (primary N) is 1. The lowest BCUT2D eigenvalue weighted by atomic mass is 10.1. The van der Waals surface area contributed by atoms with Crippen LogP contribution >= 0.6 is 24.8 Å². The van der Waals surface area contributed by atoms with E-state index in [0.717, 1.165) is 43.7 Å². The maximum atomic E-state index is 13.0. The van der Waals surface area contributed by atoms with Gasteiger partial charge >= 0.3 is 0 Å². The smallest absolute Gasteiger partial charge is 0.244 e. The Morgan fingerprint density at radius 3 is 2.30 bits per heavy atom. The highest BCUT2D eigenvalue weighted by Gasteiger charge is 2.24. The fourth-order valence-electron chi connectivity index (χ4n) is 3.20. The van der Waals surface area contributed by atoms with E-state index in [1.165, 1.54) is 12.1 Å². The van der Waals surface area contributed by atoms with Crippen LogP contribution in [0.25, 0.3) is 0 Å². The monoisotopic (exact) mass is 413 g/mol. The lowest BCUT2D eigenvalue weighted by Gasteiger charge is -2.25. The summed E-state index contributed by atoms with van der Waals surface area (Å²) in [5, 5.41) is 0. The fourth-order valence-corrected chi connectivity index (χ4v) is 3.20. The van der Waals surface area contributed by atoms with Crippen LogP contribution in [-0.4, -0.2) is 41.9 Å². The first-order chi connectivity index (χ1) is 12.1. The van der Waals surface area contributed by atoms with Crippen LogP contribution < -0.4 is 5.73 Å². The van der Waals surface area contributed by atoms with E-state index >= 15 is 0 Å². The topological polar surface area (TPSA) is 49.6 Å². The molecule has 1 saturated heterocycles. The number of amides is 1. The second-order valence-corrected chi connectivity index (χ2v) is 6.47. The number of rotatable bonds is 4. The van der Waals surface area contributed by atoms with Crippen LogP contribution in [0, 0.1) is 5.82 Å². The molecule has 0 aliphatic carbocycles. The van der Waals surface area contributed by atoms with Crippen molar-refractivity contribution in [2.75, 3.05) is 26.2 Å². The molecule has 148 valence electrons. The van der Waals surface area contributed by atoms with Crippen LogP contribution in [0.4, 0.5) is 4.39 Å². The molecule has 2 N–H and O–H groups in total. The predicted molar refractivity (Wildman–Crippen MR) is 111 cm³/mol. The molecule has 2 aromatic carbocycles. The largest absolute Gasteiger partial charge is 0.340 e. The molecule has 2 aromatic rings. The van der Waals surface area contributed by atoms with Crippen molar-refractivity contribution in [3.63, 3.8) is 0 Å². The van der Waals surface area contributed by atoms with Crippen molar-refractivity contribution in [1.29, 1.82) is 0 Å². The molecule has 0 bridgehead atoms. The van der Waals surface area contributed by atoms with Gasteiger partial charge in [0.1, 0.15) is 11.9 Å². The number of halogens is 3.